The molecule has 0 aromatic heterocycles. The zero-order chi connectivity index (χ0) is 12.2. The highest BCUT2D eigenvalue weighted by atomic mass is 32.2. The van der Waals surface area contributed by atoms with E-state index in [0.717, 1.165) is 32.1 Å². The van der Waals surface area contributed by atoms with E-state index >= 15 is 0 Å². The Hall–Kier alpha value is -0.0900. The molecule has 0 amide bonds. The van der Waals surface area contributed by atoms with Gasteiger partial charge in [-0.25, -0.2) is 8.42 Å². The van der Waals surface area contributed by atoms with Crippen LogP contribution in [0.4, 0.5) is 0 Å². The Kier molecular flexibility index (Phi) is 5.25. The summed E-state index contributed by atoms with van der Waals surface area (Å²) >= 11 is 0. The molecule has 3 atom stereocenters. The van der Waals surface area contributed by atoms with Gasteiger partial charge >= 0.3 is 0 Å². The third-order valence-electron chi connectivity index (χ3n) is 3.76. The first-order valence-corrected chi connectivity index (χ1v) is 8.10. The Labute approximate surface area is 99.9 Å². The van der Waals surface area contributed by atoms with Crippen LogP contribution in [0.3, 0.4) is 0 Å². The van der Waals surface area contributed by atoms with Crippen LogP contribution in [-0.4, -0.2) is 32.5 Å². The first-order chi connectivity index (χ1) is 7.49. The number of nitrogens with one attached hydrogen (secondary N) is 1. The molecular formula is C12H25NO2S. The lowest BCUT2D eigenvalue weighted by atomic mass is 9.95. The van der Waals surface area contributed by atoms with Gasteiger partial charge in [0.15, 0.2) is 9.84 Å². The normalized spacial score (nSPS) is 28.9. The topological polar surface area (TPSA) is 46.2 Å². The molecule has 96 valence electrons. The molecule has 1 aliphatic carbocycles. The summed E-state index contributed by atoms with van der Waals surface area (Å²) in [4.78, 5) is 0. The van der Waals surface area contributed by atoms with Crippen LogP contribution in [0.25, 0.3) is 0 Å². The van der Waals surface area contributed by atoms with Crippen LogP contribution in [0.5, 0.6) is 0 Å². The molecule has 0 saturated heterocycles. The van der Waals surface area contributed by atoms with Crippen LogP contribution in [-0.2, 0) is 9.84 Å². The van der Waals surface area contributed by atoms with Crippen LogP contribution < -0.4 is 5.32 Å². The van der Waals surface area contributed by atoms with Gasteiger partial charge in [-0.05, 0) is 32.2 Å². The van der Waals surface area contributed by atoms with Crippen molar-refractivity contribution in [3.05, 3.63) is 0 Å². The summed E-state index contributed by atoms with van der Waals surface area (Å²) in [5.41, 5.74) is 0. The highest BCUT2D eigenvalue weighted by Gasteiger charge is 2.31. The summed E-state index contributed by atoms with van der Waals surface area (Å²) in [7, 11) is -0.953. The van der Waals surface area contributed by atoms with Crippen molar-refractivity contribution in [1.29, 1.82) is 0 Å². The minimum atomic E-state index is -2.88. The van der Waals surface area contributed by atoms with Crippen molar-refractivity contribution in [2.24, 2.45) is 5.92 Å². The van der Waals surface area contributed by atoms with Crippen LogP contribution in [0.15, 0.2) is 0 Å². The van der Waals surface area contributed by atoms with Crippen molar-refractivity contribution in [2.75, 3.05) is 12.8 Å². The van der Waals surface area contributed by atoms with Crippen molar-refractivity contribution in [3.8, 4) is 0 Å². The summed E-state index contributed by atoms with van der Waals surface area (Å²) in [6.45, 7) is 4.08. The molecule has 0 spiro atoms. The zero-order valence-corrected chi connectivity index (χ0v) is 11.5. The highest BCUT2D eigenvalue weighted by Crippen LogP contribution is 2.26. The molecule has 1 aliphatic rings. The quantitative estimate of drug-likeness (QED) is 0.808. The summed E-state index contributed by atoms with van der Waals surface area (Å²) in [5, 5.41) is 3.10. The summed E-state index contributed by atoms with van der Waals surface area (Å²) < 4.78 is 24.4. The molecule has 3 nitrogen and oxygen atoms in total. The van der Waals surface area contributed by atoms with Gasteiger partial charge in [0.1, 0.15) is 0 Å². The SMILES string of the molecule is CCC(C)CS(=O)(=O)C1CCCC(NC)C1. The van der Waals surface area contributed by atoms with E-state index in [9.17, 15) is 8.42 Å². The summed E-state index contributed by atoms with van der Waals surface area (Å²) in [5.74, 6) is 0.657. The average Bonchev–Trinajstić information content (AvgIpc) is 2.28. The van der Waals surface area contributed by atoms with Crippen LogP contribution >= 0.6 is 0 Å². The van der Waals surface area contributed by atoms with Gasteiger partial charge < -0.3 is 5.32 Å². The van der Waals surface area contributed by atoms with Gasteiger partial charge in [-0.1, -0.05) is 26.7 Å². The maximum Gasteiger partial charge on any atom is 0.153 e. The molecule has 0 aromatic carbocycles. The molecule has 16 heavy (non-hydrogen) atoms. The molecule has 1 N–H and O–H groups in total. The smallest absolute Gasteiger partial charge is 0.153 e. The first kappa shape index (κ1) is 14.0. The number of hydrogen-bond acceptors (Lipinski definition) is 3. The predicted octanol–water partition coefficient (Wildman–Crippen LogP) is 1.98. The Balaban J connectivity index is 2.61. The molecule has 0 aliphatic heterocycles. The zero-order valence-electron chi connectivity index (χ0n) is 10.7. The molecule has 0 heterocycles. The first-order valence-electron chi connectivity index (χ1n) is 6.38. The second-order valence-corrected chi connectivity index (χ2v) is 7.44. The summed E-state index contributed by atoms with van der Waals surface area (Å²) in [6.07, 6.45) is 4.76. The molecule has 1 rings (SSSR count). The van der Waals surface area contributed by atoms with Gasteiger partial charge in [0, 0.05) is 6.04 Å². The van der Waals surface area contributed by atoms with Crippen molar-refractivity contribution >= 4 is 9.84 Å². The predicted molar refractivity (Wildman–Crippen MR) is 68.3 cm³/mol. The van der Waals surface area contributed by atoms with Crippen molar-refractivity contribution in [1.82, 2.24) is 5.32 Å². The number of rotatable bonds is 5. The van der Waals surface area contributed by atoms with E-state index in [1.165, 1.54) is 0 Å². The number of hydrogen-bond donors (Lipinski definition) is 1. The van der Waals surface area contributed by atoms with Gasteiger partial charge in [0.2, 0.25) is 0 Å². The van der Waals surface area contributed by atoms with E-state index < -0.39 is 9.84 Å². The average molecular weight is 247 g/mol. The Bertz CT molecular complexity index is 300. The molecule has 0 aromatic rings. The van der Waals surface area contributed by atoms with E-state index in [2.05, 4.69) is 12.2 Å². The van der Waals surface area contributed by atoms with Gasteiger partial charge in [0.05, 0.1) is 11.0 Å². The van der Waals surface area contributed by atoms with Crippen molar-refractivity contribution in [3.63, 3.8) is 0 Å². The minimum absolute atomic E-state index is 0.104. The minimum Gasteiger partial charge on any atom is -0.317 e. The van der Waals surface area contributed by atoms with Crippen LogP contribution in [0, 0.1) is 5.92 Å². The Morgan fingerprint density at radius 3 is 2.62 bits per heavy atom. The maximum atomic E-state index is 12.2. The van der Waals surface area contributed by atoms with Crippen LogP contribution in [0.1, 0.15) is 46.0 Å². The van der Waals surface area contributed by atoms with E-state index in [1.54, 1.807) is 0 Å². The molecule has 4 heteroatoms. The fourth-order valence-corrected chi connectivity index (χ4v) is 4.74. The van der Waals surface area contributed by atoms with Crippen LogP contribution in [0.2, 0.25) is 0 Å². The Morgan fingerprint density at radius 1 is 1.38 bits per heavy atom. The van der Waals surface area contributed by atoms with Gasteiger partial charge in [-0.2, -0.15) is 0 Å². The standard InChI is InChI=1S/C12H25NO2S/c1-4-10(2)9-16(14,15)12-7-5-6-11(8-12)13-3/h10-13H,4-9H2,1-3H3. The summed E-state index contributed by atoms with van der Waals surface area (Å²) in [6, 6.07) is 0.394. The maximum absolute atomic E-state index is 12.2. The largest absolute Gasteiger partial charge is 0.317 e. The monoisotopic (exact) mass is 247 g/mol. The fourth-order valence-electron chi connectivity index (χ4n) is 2.38. The van der Waals surface area contributed by atoms with E-state index in [-0.39, 0.29) is 5.25 Å². The number of sulfone groups is 1. The third kappa shape index (κ3) is 3.74. The molecule has 1 fully saturated rings. The van der Waals surface area contributed by atoms with Gasteiger partial charge in [0.25, 0.3) is 0 Å². The lowest BCUT2D eigenvalue weighted by Gasteiger charge is -2.29. The van der Waals surface area contributed by atoms with Crippen molar-refractivity contribution < 1.29 is 8.42 Å². The molecule has 0 bridgehead atoms. The third-order valence-corrected chi connectivity index (χ3v) is 6.23. The Morgan fingerprint density at radius 2 is 2.06 bits per heavy atom. The van der Waals surface area contributed by atoms with E-state index in [1.807, 2.05) is 14.0 Å². The second kappa shape index (κ2) is 6.01. The second-order valence-electron chi connectivity index (χ2n) is 5.12. The highest BCUT2D eigenvalue weighted by molar-refractivity contribution is 7.92. The molecule has 0 radical (unpaired) electrons. The molecule has 3 unspecified atom stereocenters. The van der Waals surface area contributed by atoms with Crippen molar-refractivity contribution in [2.45, 2.75) is 57.2 Å². The lowest BCUT2D eigenvalue weighted by Crippen LogP contribution is -2.38. The molecular weight excluding hydrogens is 222 g/mol. The van der Waals surface area contributed by atoms with Gasteiger partial charge in [-0.3, -0.25) is 0 Å². The van der Waals surface area contributed by atoms with Gasteiger partial charge in [-0.15, -0.1) is 0 Å². The van der Waals surface area contributed by atoms with E-state index in [0.29, 0.717) is 17.7 Å². The molecule has 1 saturated carbocycles. The fraction of sp³-hybridized carbons (Fsp3) is 1.00. The van der Waals surface area contributed by atoms with E-state index in [4.69, 9.17) is 0 Å². The lowest BCUT2D eigenvalue weighted by molar-refractivity contribution is 0.389.